The highest BCUT2D eigenvalue weighted by Crippen LogP contribution is 2.23. The van der Waals surface area contributed by atoms with Crippen LogP contribution in [0, 0.1) is 11.2 Å². The van der Waals surface area contributed by atoms with Gasteiger partial charge in [0.1, 0.15) is 11.2 Å². The lowest BCUT2D eigenvalue weighted by molar-refractivity contribution is -0.149. The van der Waals surface area contributed by atoms with Crippen LogP contribution in [0.4, 0.5) is 10.1 Å². The molecule has 1 N–H and O–H groups in total. The molecule has 0 saturated carbocycles. The van der Waals surface area contributed by atoms with Crippen LogP contribution in [0.25, 0.3) is 0 Å². The summed E-state index contributed by atoms with van der Waals surface area (Å²) in [6.07, 6.45) is 0. The van der Waals surface area contributed by atoms with Gasteiger partial charge in [-0.3, -0.25) is 9.59 Å². The number of halogens is 1. The molecule has 0 spiro atoms. The average Bonchev–Trinajstić information content (AvgIpc) is 2.53. The van der Waals surface area contributed by atoms with Crippen LogP contribution < -0.4 is 10.2 Å². The van der Waals surface area contributed by atoms with Crippen LogP contribution in [-0.4, -0.2) is 48.4 Å². The number of rotatable bonds is 3. The molecule has 0 radical (unpaired) electrons. The fraction of sp³-hybridized carbons (Fsp3) is 0.579. The van der Waals surface area contributed by atoms with E-state index in [0.717, 1.165) is 5.69 Å². The van der Waals surface area contributed by atoms with Crippen LogP contribution in [0.2, 0.25) is 0 Å². The Morgan fingerprint density at radius 2 is 1.48 bits per heavy atom. The van der Waals surface area contributed by atoms with Crippen molar-refractivity contribution in [3.63, 3.8) is 0 Å². The quantitative estimate of drug-likeness (QED) is 0.853. The number of anilines is 1. The van der Waals surface area contributed by atoms with Gasteiger partial charge in [0, 0.05) is 37.4 Å². The third-order valence-corrected chi connectivity index (χ3v) is 4.35. The van der Waals surface area contributed by atoms with E-state index in [9.17, 15) is 14.0 Å². The predicted octanol–water partition coefficient (Wildman–Crippen LogP) is 2.42. The summed E-state index contributed by atoms with van der Waals surface area (Å²) in [5, 5.41) is 2.89. The van der Waals surface area contributed by atoms with Gasteiger partial charge in [0.25, 0.3) is 0 Å². The molecular formula is C19H28FN3O2. The fourth-order valence-electron chi connectivity index (χ4n) is 2.81. The standard InChI is InChI=1S/C19H28FN3O2/c1-18(2,3)21-16(24)19(4,5)17(25)23-12-10-22(11-13-23)15-8-6-14(20)7-9-15/h6-9H,10-13H2,1-5H3,(H,21,24). The summed E-state index contributed by atoms with van der Waals surface area (Å²) in [5.74, 6) is -0.678. The Labute approximate surface area is 149 Å². The molecule has 1 fully saturated rings. The molecule has 1 saturated heterocycles. The Balaban J connectivity index is 1.98. The monoisotopic (exact) mass is 349 g/mol. The lowest BCUT2D eigenvalue weighted by Gasteiger charge is -2.39. The third kappa shape index (κ3) is 4.71. The molecule has 5 nitrogen and oxygen atoms in total. The molecule has 0 unspecified atom stereocenters. The van der Waals surface area contributed by atoms with Crippen LogP contribution in [0.1, 0.15) is 34.6 Å². The van der Waals surface area contributed by atoms with Gasteiger partial charge in [0.05, 0.1) is 0 Å². The predicted molar refractivity (Wildman–Crippen MR) is 96.9 cm³/mol. The fourth-order valence-corrected chi connectivity index (χ4v) is 2.81. The second kappa shape index (κ2) is 7.02. The Morgan fingerprint density at radius 3 is 1.96 bits per heavy atom. The van der Waals surface area contributed by atoms with Gasteiger partial charge in [0.15, 0.2) is 0 Å². The average molecular weight is 349 g/mol. The largest absolute Gasteiger partial charge is 0.368 e. The number of hydrogen-bond acceptors (Lipinski definition) is 3. The van der Waals surface area contributed by atoms with E-state index in [0.29, 0.717) is 26.2 Å². The highest BCUT2D eigenvalue weighted by atomic mass is 19.1. The minimum atomic E-state index is -1.11. The molecule has 6 heteroatoms. The van der Waals surface area contributed by atoms with Crippen molar-refractivity contribution in [1.29, 1.82) is 0 Å². The summed E-state index contributed by atoms with van der Waals surface area (Å²) >= 11 is 0. The second-order valence-electron chi connectivity index (χ2n) is 8.08. The van der Waals surface area contributed by atoms with Crippen LogP contribution in [-0.2, 0) is 9.59 Å². The zero-order valence-corrected chi connectivity index (χ0v) is 15.7. The SMILES string of the molecule is CC(C)(C)NC(=O)C(C)(C)C(=O)N1CCN(c2ccc(F)cc2)CC1. The summed E-state index contributed by atoms with van der Waals surface area (Å²) in [6.45, 7) is 11.4. The van der Waals surface area contributed by atoms with E-state index in [2.05, 4.69) is 10.2 Å². The molecule has 1 aromatic carbocycles. The first-order valence-electron chi connectivity index (χ1n) is 8.63. The van der Waals surface area contributed by atoms with E-state index >= 15 is 0 Å². The first-order valence-corrected chi connectivity index (χ1v) is 8.63. The molecule has 0 aliphatic carbocycles. The molecule has 1 aromatic rings. The minimum absolute atomic E-state index is 0.159. The van der Waals surface area contributed by atoms with Gasteiger partial charge in [0.2, 0.25) is 11.8 Å². The lowest BCUT2D eigenvalue weighted by Crippen LogP contribution is -2.57. The Morgan fingerprint density at radius 1 is 0.960 bits per heavy atom. The maximum atomic E-state index is 13.0. The van der Waals surface area contributed by atoms with Crippen molar-refractivity contribution in [1.82, 2.24) is 10.2 Å². The molecule has 25 heavy (non-hydrogen) atoms. The highest BCUT2D eigenvalue weighted by molar-refractivity contribution is 6.04. The van der Waals surface area contributed by atoms with Crippen molar-refractivity contribution in [2.24, 2.45) is 5.41 Å². The first-order chi connectivity index (χ1) is 11.5. The van der Waals surface area contributed by atoms with Crippen molar-refractivity contribution < 1.29 is 14.0 Å². The van der Waals surface area contributed by atoms with Gasteiger partial charge < -0.3 is 15.1 Å². The lowest BCUT2D eigenvalue weighted by atomic mass is 9.88. The van der Waals surface area contributed by atoms with Gasteiger partial charge in [-0.15, -0.1) is 0 Å². The summed E-state index contributed by atoms with van der Waals surface area (Å²) in [7, 11) is 0. The van der Waals surface area contributed by atoms with Crippen molar-refractivity contribution in [3.8, 4) is 0 Å². The van der Waals surface area contributed by atoms with E-state index in [1.165, 1.54) is 12.1 Å². The number of nitrogens with zero attached hydrogens (tertiary/aromatic N) is 2. The molecule has 0 atom stereocenters. The molecule has 1 aliphatic heterocycles. The second-order valence-corrected chi connectivity index (χ2v) is 8.08. The number of piperazine rings is 1. The van der Waals surface area contributed by atoms with Crippen LogP contribution in [0.15, 0.2) is 24.3 Å². The zero-order valence-electron chi connectivity index (χ0n) is 15.7. The molecule has 2 rings (SSSR count). The maximum Gasteiger partial charge on any atom is 0.237 e. The zero-order chi connectivity index (χ0) is 18.8. The van der Waals surface area contributed by atoms with Crippen LogP contribution >= 0.6 is 0 Å². The summed E-state index contributed by atoms with van der Waals surface area (Å²) in [6, 6.07) is 6.36. The van der Waals surface area contributed by atoms with Gasteiger partial charge in [-0.2, -0.15) is 0 Å². The summed E-state index contributed by atoms with van der Waals surface area (Å²) < 4.78 is 13.0. The van der Waals surface area contributed by atoms with Crippen molar-refractivity contribution in [3.05, 3.63) is 30.1 Å². The Kier molecular flexibility index (Phi) is 5.40. The summed E-state index contributed by atoms with van der Waals surface area (Å²) in [4.78, 5) is 29.2. The van der Waals surface area contributed by atoms with E-state index in [-0.39, 0.29) is 23.2 Å². The third-order valence-electron chi connectivity index (χ3n) is 4.35. The molecule has 2 amide bonds. The topological polar surface area (TPSA) is 52.7 Å². The first kappa shape index (κ1) is 19.2. The molecular weight excluding hydrogens is 321 g/mol. The van der Waals surface area contributed by atoms with E-state index < -0.39 is 5.41 Å². The van der Waals surface area contributed by atoms with E-state index in [1.807, 2.05) is 20.8 Å². The molecule has 0 bridgehead atoms. The molecule has 0 aromatic heterocycles. The number of nitrogens with one attached hydrogen (secondary N) is 1. The molecule has 1 heterocycles. The number of hydrogen-bond donors (Lipinski definition) is 1. The highest BCUT2D eigenvalue weighted by Gasteiger charge is 2.41. The van der Waals surface area contributed by atoms with E-state index in [1.54, 1.807) is 30.9 Å². The van der Waals surface area contributed by atoms with Gasteiger partial charge in [-0.1, -0.05) is 0 Å². The van der Waals surface area contributed by atoms with Gasteiger partial charge in [-0.05, 0) is 58.9 Å². The van der Waals surface area contributed by atoms with Crippen molar-refractivity contribution >= 4 is 17.5 Å². The van der Waals surface area contributed by atoms with Crippen molar-refractivity contribution in [2.75, 3.05) is 31.1 Å². The number of benzene rings is 1. The smallest absolute Gasteiger partial charge is 0.237 e. The van der Waals surface area contributed by atoms with E-state index in [4.69, 9.17) is 0 Å². The number of carbonyl (C=O) groups excluding carboxylic acids is 2. The molecule has 1 aliphatic rings. The number of amides is 2. The normalized spacial score (nSPS) is 15.9. The van der Waals surface area contributed by atoms with Crippen LogP contribution in [0.5, 0.6) is 0 Å². The minimum Gasteiger partial charge on any atom is -0.368 e. The van der Waals surface area contributed by atoms with Gasteiger partial charge in [-0.25, -0.2) is 4.39 Å². The Bertz CT molecular complexity index is 627. The van der Waals surface area contributed by atoms with Crippen LogP contribution in [0.3, 0.4) is 0 Å². The summed E-state index contributed by atoms with van der Waals surface area (Å²) in [5.41, 5.74) is -0.542. The van der Waals surface area contributed by atoms with Gasteiger partial charge >= 0.3 is 0 Å². The van der Waals surface area contributed by atoms with Crippen molar-refractivity contribution in [2.45, 2.75) is 40.2 Å². The maximum absolute atomic E-state index is 13.0. The molecule has 138 valence electrons. The Hall–Kier alpha value is -2.11. The number of carbonyl (C=O) groups is 2.